The van der Waals surface area contributed by atoms with Crippen molar-refractivity contribution in [2.75, 3.05) is 66.5 Å². The van der Waals surface area contributed by atoms with Crippen LogP contribution in [0.4, 0.5) is 5.69 Å². The molecule has 2 aromatic rings. The highest BCUT2D eigenvalue weighted by Gasteiger charge is 2.25. The fourth-order valence-electron chi connectivity index (χ4n) is 4.17. The molecule has 1 N–H and O–H groups in total. The molecule has 1 aliphatic heterocycles. The van der Waals surface area contributed by atoms with Gasteiger partial charge in [0, 0.05) is 40.3 Å². The Morgan fingerprint density at radius 1 is 1.06 bits per heavy atom. The van der Waals surface area contributed by atoms with Gasteiger partial charge in [0.25, 0.3) is 0 Å². The van der Waals surface area contributed by atoms with Crippen LogP contribution < -0.4 is 24.4 Å². The molecule has 7 nitrogen and oxygen atoms in total. The lowest BCUT2D eigenvalue weighted by atomic mass is 10.1. The molecule has 1 saturated heterocycles. The second kappa shape index (κ2) is 13.4. The van der Waals surface area contributed by atoms with Crippen molar-refractivity contribution in [3.8, 4) is 17.2 Å². The van der Waals surface area contributed by atoms with E-state index >= 15 is 0 Å². The second-order valence-corrected chi connectivity index (χ2v) is 8.06. The fourth-order valence-corrected chi connectivity index (χ4v) is 4.17. The summed E-state index contributed by atoms with van der Waals surface area (Å²) >= 11 is 0. The number of benzene rings is 2. The normalized spacial score (nSPS) is 15.6. The molecule has 2 aromatic carbocycles. The number of para-hydroxylation sites is 2. The first-order valence-corrected chi connectivity index (χ1v) is 11.1. The number of nitrogens with zero attached hydrogens (tertiary/aromatic N) is 3. The molecular formula is C25H37IN4O3. The summed E-state index contributed by atoms with van der Waals surface area (Å²) in [5, 5.41) is 3.56. The topological polar surface area (TPSA) is 58.6 Å². The number of anilines is 1. The number of guanidine groups is 1. The molecule has 0 spiro atoms. The molecule has 0 aliphatic carbocycles. The van der Waals surface area contributed by atoms with Crippen LogP contribution in [0, 0.1) is 5.92 Å². The maximum Gasteiger partial charge on any atom is 0.193 e. The van der Waals surface area contributed by atoms with Crippen molar-refractivity contribution in [3.63, 3.8) is 0 Å². The largest absolute Gasteiger partial charge is 0.495 e. The van der Waals surface area contributed by atoms with Gasteiger partial charge in [-0.1, -0.05) is 18.2 Å². The lowest BCUT2D eigenvalue weighted by molar-refractivity contribution is 0.354. The number of rotatable bonds is 9. The Morgan fingerprint density at radius 2 is 1.79 bits per heavy atom. The Hall–Kier alpha value is -2.36. The van der Waals surface area contributed by atoms with Crippen molar-refractivity contribution in [3.05, 3.63) is 48.0 Å². The van der Waals surface area contributed by atoms with E-state index in [0.29, 0.717) is 5.92 Å². The number of aliphatic imine (C=N–C) groups is 1. The summed E-state index contributed by atoms with van der Waals surface area (Å²) in [5.74, 6) is 3.93. The SMILES string of the molecule is CN=C(NCC1CCN(c2ccccc2OC)C1)N(C)CCc1ccc(OC)c(OC)c1.I. The first-order valence-electron chi connectivity index (χ1n) is 11.1. The van der Waals surface area contributed by atoms with Crippen LogP contribution in [0.1, 0.15) is 12.0 Å². The predicted octanol–water partition coefficient (Wildman–Crippen LogP) is 3.91. The standard InChI is InChI=1S/C25H36N4O3.HI/c1-26-25(28(2)14-12-19-10-11-23(31-4)24(16-19)32-5)27-17-20-13-15-29(18-20)21-8-6-7-9-22(21)30-3;/h6-11,16,20H,12-15,17-18H2,1-5H3,(H,26,27);1H. The second-order valence-electron chi connectivity index (χ2n) is 8.06. The van der Waals surface area contributed by atoms with Crippen molar-refractivity contribution >= 4 is 35.6 Å². The lowest BCUT2D eigenvalue weighted by Gasteiger charge is -2.24. The van der Waals surface area contributed by atoms with Crippen LogP contribution in [-0.2, 0) is 6.42 Å². The summed E-state index contributed by atoms with van der Waals surface area (Å²) in [6, 6.07) is 14.3. The van der Waals surface area contributed by atoms with Gasteiger partial charge >= 0.3 is 0 Å². The monoisotopic (exact) mass is 568 g/mol. The highest BCUT2D eigenvalue weighted by molar-refractivity contribution is 14.0. The van der Waals surface area contributed by atoms with Gasteiger partial charge in [-0.25, -0.2) is 0 Å². The average molecular weight is 569 g/mol. The molecular weight excluding hydrogens is 531 g/mol. The molecule has 0 bridgehead atoms. The van der Waals surface area contributed by atoms with E-state index in [1.807, 2.05) is 31.3 Å². The van der Waals surface area contributed by atoms with Crippen LogP contribution in [0.15, 0.2) is 47.5 Å². The molecule has 3 rings (SSSR count). The molecule has 1 unspecified atom stereocenters. The zero-order valence-corrected chi connectivity index (χ0v) is 22.7. The third-order valence-electron chi connectivity index (χ3n) is 6.02. The Balaban J connectivity index is 0.00000385. The van der Waals surface area contributed by atoms with Gasteiger partial charge in [0.05, 0.1) is 27.0 Å². The summed E-state index contributed by atoms with van der Waals surface area (Å²) in [6.07, 6.45) is 2.04. The van der Waals surface area contributed by atoms with E-state index < -0.39 is 0 Å². The fraction of sp³-hybridized carbons (Fsp3) is 0.480. The summed E-state index contributed by atoms with van der Waals surface area (Å²) in [6.45, 7) is 3.81. The molecule has 0 amide bonds. The summed E-state index contributed by atoms with van der Waals surface area (Å²) in [4.78, 5) is 9.06. The Morgan fingerprint density at radius 3 is 2.48 bits per heavy atom. The molecule has 0 radical (unpaired) electrons. The zero-order chi connectivity index (χ0) is 22.9. The third-order valence-corrected chi connectivity index (χ3v) is 6.02. The summed E-state index contributed by atoms with van der Waals surface area (Å²) in [5.41, 5.74) is 2.38. The summed E-state index contributed by atoms with van der Waals surface area (Å²) in [7, 11) is 8.96. The number of methoxy groups -OCH3 is 3. The number of likely N-dealkylation sites (N-methyl/N-ethyl adjacent to an activating group) is 1. The molecule has 0 aromatic heterocycles. The smallest absolute Gasteiger partial charge is 0.193 e. The maximum absolute atomic E-state index is 5.53. The van der Waals surface area contributed by atoms with Crippen molar-refractivity contribution < 1.29 is 14.2 Å². The number of nitrogens with one attached hydrogen (secondary N) is 1. The van der Waals surface area contributed by atoms with Crippen LogP contribution >= 0.6 is 24.0 Å². The molecule has 1 aliphatic rings. The van der Waals surface area contributed by atoms with Crippen molar-refractivity contribution in [2.24, 2.45) is 10.9 Å². The van der Waals surface area contributed by atoms with E-state index in [-0.39, 0.29) is 24.0 Å². The average Bonchev–Trinajstić information content (AvgIpc) is 3.31. The molecule has 0 saturated carbocycles. The zero-order valence-electron chi connectivity index (χ0n) is 20.3. The number of hydrogen-bond donors (Lipinski definition) is 1. The highest BCUT2D eigenvalue weighted by Crippen LogP contribution is 2.32. The van der Waals surface area contributed by atoms with Gasteiger partial charge in [0.15, 0.2) is 17.5 Å². The van der Waals surface area contributed by atoms with Crippen molar-refractivity contribution in [2.45, 2.75) is 12.8 Å². The van der Waals surface area contributed by atoms with Gasteiger partial charge in [-0.2, -0.15) is 0 Å². The van der Waals surface area contributed by atoms with Crippen molar-refractivity contribution in [1.82, 2.24) is 10.2 Å². The molecule has 182 valence electrons. The van der Waals surface area contributed by atoms with Gasteiger partial charge in [-0.05, 0) is 48.6 Å². The van der Waals surface area contributed by atoms with Crippen LogP contribution in [0.25, 0.3) is 0 Å². The van der Waals surface area contributed by atoms with E-state index in [2.05, 4.69) is 45.4 Å². The first kappa shape index (κ1) is 26.9. The van der Waals surface area contributed by atoms with Gasteiger partial charge in [-0.3, -0.25) is 4.99 Å². The third kappa shape index (κ3) is 7.06. The highest BCUT2D eigenvalue weighted by atomic mass is 127. The Kier molecular flexibility index (Phi) is 10.9. The minimum atomic E-state index is 0. The molecule has 33 heavy (non-hydrogen) atoms. The molecule has 1 heterocycles. The molecule has 1 fully saturated rings. The quantitative estimate of drug-likeness (QED) is 0.282. The summed E-state index contributed by atoms with van der Waals surface area (Å²) < 4.78 is 16.3. The number of hydrogen-bond acceptors (Lipinski definition) is 5. The van der Waals surface area contributed by atoms with Crippen LogP contribution in [0.2, 0.25) is 0 Å². The maximum atomic E-state index is 5.53. The Bertz CT molecular complexity index is 909. The van der Waals surface area contributed by atoms with E-state index in [1.54, 1.807) is 21.3 Å². The number of halogens is 1. The van der Waals surface area contributed by atoms with Gasteiger partial charge in [0.1, 0.15) is 5.75 Å². The van der Waals surface area contributed by atoms with E-state index in [9.17, 15) is 0 Å². The van der Waals surface area contributed by atoms with Gasteiger partial charge in [0.2, 0.25) is 0 Å². The van der Waals surface area contributed by atoms with Gasteiger partial charge in [-0.15, -0.1) is 24.0 Å². The first-order chi connectivity index (χ1) is 15.6. The lowest BCUT2D eigenvalue weighted by Crippen LogP contribution is -2.42. The van der Waals surface area contributed by atoms with Gasteiger partial charge < -0.3 is 29.3 Å². The molecule has 1 atom stereocenters. The van der Waals surface area contributed by atoms with Crippen LogP contribution in [0.5, 0.6) is 17.2 Å². The van der Waals surface area contributed by atoms with Crippen molar-refractivity contribution in [1.29, 1.82) is 0 Å². The van der Waals surface area contributed by atoms with E-state index in [1.165, 1.54) is 11.3 Å². The van der Waals surface area contributed by atoms with Crippen LogP contribution in [0.3, 0.4) is 0 Å². The van der Waals surface area contributed by atoms with E-state index in [4.69, 9.17) is 14.2 Å². The molecule has 8 heteroatoms. The van der Waals surface area contributed by atoms with Crippen LogP contribution in [-0.4, -0.2) is 72.5 Å². The minimum Gasteiger partial charge on any atom is -0.495 e. The van der Waals surface area contributed by atoms with E-state index in [0.717, 1.165) is 62.2 Å². The predicted molar refractivity (Wildman–Crippen MR) is 146 cm³/mol. The Labute approximate surface area is 215 Å². The number of ether oxygens (including phenoxy) is 3. The minimum absolute atomic E-state index is 0.